The van der Waals surface area contributed by atoms with E-state index < -0.39 is 0 Å². The fourth-order valence-corrected chi connectivity index (χ4v) is 2.60. The first-order valence-corrected chi connectivity index (χ1v) is 7.52. The Hall–Kier alpha value is -0.790. The van der Waals surface area contributed by atoms with Gasteiger partial charge in [0.1, 0.15) is 0 Å². The summed E-state index contributed by atoms with van der Waals surface area (Å²) in [6, 6.07) is 0. The molecule has 2 atom stereocenters. The minimum Gasteiger partial charge on any atom is -0.512 e. The zero-order valence-corrected chi connectivity index (χ0v) is 12.1. The number of hydrogen-bond acceptors (Lipinski definition) is 2. The molecular weight excluding hydrogens is 224 g/mol. The van der Waals surface area contributed by atoms with E-state index in [0.29, 0.717) is 0 Å². The summed E-state index contributed by atoms with van der Waals surface area (Å²) in [7, 11) is 0. The van der Waals surface area contributed by atoms with Gasteiger partial charge in [-0.05, 0) is 25.2 Å². The van der Waals surface area contributed by atoms with Gasteiger partial charge in [-0.2, -0.15) is 0 Å². The molecule has 0 aliphatic heterocycles. The minimum absolute atomic E-state index is 0.111. The van der Waals surface area contributed by atoms with Crippen LogP contribution in [-0.4, -0.2) is 10.9 Å². The fourth-order valence-electron chi connectivity index (χ4n) is 2.60. The van der Waals surface area contributed by atoms with Crippen LogP contribution in [0.2, 0.25) is 0 Å². The third-order valence-electron chi connectivity index (χ3n) is 4.25. The van der Waals surface area contributed by atoms with Crippen molar-refractivity contribution in [1.82, 2.24) is 0 Å². The predicted molar refractivity (Wildman–Crippen MR) is 75.5 cm³/mol. The van der Waals surface area contributed by atoms with Crippen molar-refractivity contribution in [2.45, 2.75) is 65.7 Å². The fraction of sp³-hybridized carbons (Fsp3) is 0.812. The minimum atomic E-state index is 0.111. The van der Waals surface area contributed by atoms with Gasteiger partial charge in [0.25, 0.3) is 0 Å². The summed E-state index contributed by atoms with van der Waals surface area (Å²) < 4.78 is 0. The van der Waals surface area contributed by atoms with Crippen LogP contribution in [0.15, 0.2) is 11.8 Å². The second-order valence-corrected chi connectivity index (χ2v) is 5.80. The van der Waals surface area contributed by atoms with Crippen LogP contribution in [0.3, 0.4) is 0 Å². The number of allylic oxidation sites excluding steroid dienone is 2. The van der Waals surface area contributed by atoms with Gasteiger partial charge in [0, 0.05) is 17.9 Å². The molecule has 1 rings (SSSR count). The molecule has 0 aromatic heterocycles. The molecule has 18 heavy (non-hydrogen) atoms. The SMILES string of the molecule is CCCC(C)/C(O)=C/C(=O)C(CC)CC1CCC1. The Bertz CT molecular complexity index is 289. The highest BCUT2D eigenvalue weighted by Crippen LogP contribution is 2.33. The zero-order valence-electron chi connectivity index (χ0n) is 12.1. The molecule has 1 fully saturated rings. The average Bonchev–Trinajstić information content (AvgIpc) is 2.27. The molecule has 0 bridgehead atoms. The summed E-state index contributed by atoms with van der Waals surface area (Å²) in [5.41, 5.74) is 0. The lowest BCUT2D eigenvalue weighted by atomic mass is 9.77. The summed E-state index contributed by atoms with van der Waals surface area (Å²) in [4.78, 5) is 12.1. The first-order chi connectivity index (χ1) is 8.58. The topological polar surface area (TPSA) is 37.3 Å². The van der Waals surface area contributed by atoms with Gasteiger partial charge in [0.15, 0.2) is 5.78 Å². The van der Waals surface area contributed by atoms with Gasteiger partial charge < -0.3 is 5.11 Å². The van der Waals surface area contributed by atoms with Gasteiger partial charge >= 0.3 is 0 Å². The lowest BCUT2D eigenvalue weighted by Gasteiger charge is -2.28. The predicted octanol–water partition coefficient (Wildman–Crippen LogP) is 4.65. The van der Waals surface area contributed by atoms with Crippen molar-refractivity contribution in [2.24, 2.45) is 17.8 Å². The van der Waals surface area contributed by atoms with Crippen LogP contribution in [0.25, 0.3) is 0 Å². The van der Waals surface area contributed by atoms with Crippen LogP contribution in [0.4, 0.5) is 0 Å². The molecule has 0 saturated heterocycles. The van der Waals surface area contributed by atoms with E-state index in [4.69, 9.17) is 0 Å². The highest BCUT2D eigenvalue weighted by molar-refractivity contribution is 5.92. The summed E-state index contributed by atoms with van der Waals surface area (Å²) in [6.07, 6.45) is 9.26. The van der Waals surface area contributed by atoms with Crippen molar-refractivity contribution in [2.75, 3.05) is 0 Å². The van der Waals surface area contributed by atoms with E-state index >= 15 is 0 Å². The Morgan fingerprint density at radius 2 is 2.06 bits per heavy atom. The van der Waals surface area contributed by atoms with Crippen molar-refractivity contribution < 1.29 is 9.90 Å². The van der Waals surface area contributed by atoms with Gasteiger partial charge in [-0.25, -0.2) is 0 Å². The molecule has 0 aromatic carbocycles. The largest absolute Gasteiger partial charge is 0.512 e. The second kappa shape index (κ2) is 7.60. The van der Waals surface area contributed by atoms with E-state index in [1.54, 1.807) is 0 Å². The van der Waals surface area contributed by atoms with Gasteiger partial charge in [0.05, 0.1) is 5.76 Å². The molecule has 0 heterocycles. The number of aliphatic hydroxyl groups is 1. The van der Waals surface area contributed by atoms with Crippen molar-refractivity contribution in [3.8, 4) is 0 Å². The molecule has 1 aliphatic carbocycles. The summed E-state index contributed by atoms with van der Waals surface area (Å²) in [5.74, 6) is 1.38. The zero-order chi connectivity index (χ0) is 13.5. The van der Waals surface area contributed by atoms with Gasteiger partial charge in [-0.3, -0.25) is 4.79 Å². The Morgan fingerprint density at radius 1 is 1.39 bits per heavy atom. The van der Waals surface area contributed by atoms with E-state index in [9.17, 15) is 9.90 Å². The van der Waals surface area contributed by atoms with Crippen molar-refractivity contribution in [3.05, 3.63) is 11.8 Å². The lowest BCUT2D eigenvalue weighted by Crippen LogP contribution is -2.21. The number of carbonyl (C=O) groups is 1. The first-order valence-electron chi connectivity index (χ1n) is 7.52. The summed E-state index contributed by atoms with van der Waals surface area (Å²) in [5, 5.41) is 9.91. The highest BCUT2D eigenvalue weighted by atomic mass is 16.3. The van der Waals surface area contributed by atoms with E-state index in [2.05, 4.69) is 13.8 Å². The van der Waals surface area contributed by atoms with E-state index in [1.807, 2.05) is 6.92 Å². The van der Waals surface area contributed by atoms with Gasteiger partial charge in [0.2, 0.25) is 0 Å². The third-order valence-corrected chi connectivity index (χ3v) is 4.25. The molecular formula is C16H28O2. The molecule has 0 amide bonds. The second-order valence-electron chi connectivity index (χ2n) is 5.80. The van der Waals surface area contributed by atoms with Crippen molar-refractivity contribution in [3.63, 3.8) is 0 Å². The number of ketones is 1. The van der Waals surface area contributed by atoms with Crippen LogP contribution >= 0.6 is 0 Å². The number of hydrogen-bond donors (Lipinski definition) is 1. The smallest absolute Gasteiger partial charge is 0.162 e. The van der Waals surface area contributed by atoms with Crippen LogP contribution in [0, 0.1) is 17.8 Å². The molecule has 2 unspecified atom stereocenters. The Kier molecular flexibility index (Phi) is 6.45. The Morgan fingerprint density at radius 3 is 2.50 bits per heavy atom. The molecule has 1 aliphatic rings. The number of rotatable bonds is 8. The normalized spacial score (nSPS) is 20.3. The first kappa shape index (κ1) is 15.3. The van der Waals surface area contributed by atoms with E-state index in [-0.39, 0.29) is 23.4 Å². The molecule has 0 radical (unpaired) electrons. The Labute approximate surface area is 111 Å². The van der Waals surface area contributed by atoms with Crippen molar-refractivity contribution in [1.29, 1.82) is 0 Å². The van der Waals surface area contributed by atoms with Crippen LogP contribution in [-0.2, 0) is 4.79 Å². The van der Waals surface area contributed by atoms with Crippen LogP contribution < -0.4 is 0 Å². The van der Waals surface area contributed by atoms with E-state index in [0.717, 1.165) is 31.6 Å². The molecule has 0 spiro atoms. The standard InChI is InChI=1S/C16H28O2/c1-4-7-12(3)15(17)11-16(18)14(5-2)10-13-8-6-9-13/h11-14,17H,4-10H2,1-3H3/b15-11-. The average molecular weight is 252 g/mol. The molecule has 104 valence electrons. The molecule has 1 N–H and O–H groups in total. The molecule has 2 nitrogen and oxygen atoms in total. The maximum atomic E-state index is 12.1. The van der Waals surface area contributed by atoms with Crippen molar-refractivity contribution >= 4 is 5.78 Å². The van der Waals surface area contributed by atoms with Crippen LogP contribution in [0.1, 0.15) is 65.7 Å². The Balaban J connectivity index is 2.51. The summed E-state index contributed by atoms with van der Waals surface area (Å²) >= 11 is 0. The third kappa shape index (κ3) is 4.47. The maximum absolute atomic E-state index is 12.1. The number of aliphatic hydroxyl groups excluding tert-OH is 1. The molecule has 1 saturated carbocycles. The van der Waals surface area contributed by atoms with Crippen LogP contribution in [0.5, 0.6) is 0 Å². The molecule has 2 heteroatoms. The van der Waals surface area contributed by atoms with Gasteiger partial charge in [-0.1, -0.05) is 46.5 Å². The number of carbonyl (C=O) groups excluding carboxylic acids is 1. The maximum Gasteiger partial charge on any atom is 0.162 e. The highest BCUT2D eigenvalue weighted by Gasteiger charge is 2.25. The van der Waals surface area contributed by atoms with E-state index in [1.165, 1.54) is 25.3 Å². The molecule has 0 aromatic rings. The monoisotopic (exact) mass is 252 g/mol. The lowest BCUT2D eigenvalue weighted by molar-refractivity contribution is -0.119. The summed E-state index contributed by atoms with van der Waals surface area (Å²) in [6.45, 7) is 6.15. The quantitative estimate of drug-likeness (QED) is 0.504. The van der Waals surface area contributed by atoms with Gasteiger partial charge in [-0.15, -0.1) is 0 Å².